The molecule has 1 radical (unpaired) electrons. The van der Waals surface area contributed by atoms with Gasteiger partial charge in [0.1, 0.15) is 6.42 Å². The molecule has 0 bridgehead atoms. The minimum absolute atomic E-state index is 0.00631. The van der Waals surface area contributed by atoms with Gasteiger partial charge in [0.15, 0.2) is 0 Å². The Bertz CT molecular complexity index is 367. The number of rotatable bonds is 6. The second-order valence-electron chi connectivity index (χ2n) is 4.64. The molecule has 0 saturated heterocycles. The summed E-state index contributed by atoms with van der Waals surface area (Å²) in [5, 5.41) is 0. The summed E-state index contributed by atoms with van der Waals surface area (Å²) in [6.45, 7) is 4.64. The van der Waals surface area contributed by atoms with Crippen LogP contribution in [0.5, 0.6) is 0 Å². The molecule has 0 N–H and O–H groups in total. The Kier molecular flexibility index (Phi) is 5.97. The fourth-order valence-electron chi connectivity index (χ4n) is 0.825. The van der Waals surface area contributed by atoms with E-state index in [0.717, 1.165) is 0 Å². The summed E-state index contributed by atoms with van der Waals surface area (Å²) >= 11 is 0. The quantitative estimate of drug-likeness (QED) is 0.559. The number of hydrogen-bond donors (Lipinski definition) is 0. The van der Waals surface area contributed by atoms with Crippen LogP contribution in [0.1, 0.15) is 33.6 Å². The molecule has 0 amide bonds. The van der Waals surface area contributed by atoms with Crippen molar-refractivity contribution in [2.75, 3.05) is 0 Å². The average Bonchev–Trinajstić information content (AvgIpc) is 2.25. The number of halogens is 5. The van der Waals surface area contributed by atoms with Crippen LogP contribution in [0.25, 0.3) is 0 Å². The third kappa shape index (κ3) is 6.20. The van der Waals surface area contributed by atoms with Gasteiger partial charge in [0.25, 0.3) is 5.97 Å². The largest absolute Gasteiger partial charge is 0.662 e. The predicted octanol–water partition coefficient (Wildman–Crippen LogP) is 2.63. The Hall–Kier alpha value is -1.35. The molecule has 0 aromatic heterocycles. The molecule has 4 nitrogen and oxygen atoms in total. The van der Waals surface area contributed by atoms with E-state index in [-0.39, 0.29) is 7.69 Å². The second-order valence-corrected chi connectivity index (χ2v) is 4.64. The molecule has 0 aliphatic rings. The van der Waals surface area contributed by atoms with E-state index in [0.29, 0.717) is 6.42 Å². The van der Waals surface area contributed by atoms with Gasteiger partial charge in [0, 0.05) is 0 Å². The van der Waals surface area contributed by atoms with E-state index in [4.69, 9.17) is 0 Å². The van der Waals surface area contributed by atoms with Crippen molar-refractivity contribution in [1.29, 1.82) is 0 Å². The molecule has 20 heavy (non-hydrogen) atoms. The Morgan fingerprint density at radius 3 is 1.85 bits per heavy atom. The first-order valence-electron chi connectivity index (χ1n) is 5.50. The molecule has 0 unspecified atom stereocenters. The van der Waals surface area contributed by atoms with Crippen molar-refractivity contribution >= 4 is 19.6 Å². The maximum atomic E-state index is 12.8. The summed E-state index contributed by atoms with van der Waals surface area (Å²) in [7, 11) is 0.00631. The van der Waals surface area contributed by atoms with E-state index < -0.39 is 35.9 Å². The number of hydrogen-bond acceptors (Lipinski definition) is 4. The molecule has 0 saturated carbocycles. The van der Waals surface area contributed by atoms with Crippen molar-refractivity contribution < 1.29 is 40.8 Å². The van der Waals surface area contributed by atoms with Crippen LogP contribution in [0.2, 0.25) is 0 Å². The van der Waals surface area contributed by atoms with E-state index >= 15 is 0 Å². The van der Waals surface area contributed by atoms with Gasteiger partial charge in [0.2, 0.25) is 0 Å². The highest BCUT2D eigenvalue weighted by Gasteiger charge is 2.50. The van der Waals surface area contributed by atoms with Gasteiger partial charge in [-0.05, 0) is 20.3 Å². The zero-order valence-corrected chi connectivity index (χ0v) is 11.0. The molecule has 0 aromatic rings. The van der Waals surface area contributed by atoms with Gasteiger partial charge in [-0.25, -0.2) is 4.79 Å². The third-order valence-electron chi connectivity index (χ3n) is 2.47. The monoisotopic (exact) mass is 303 g/mol. The van der Waals surface area contributed by atoms with Crippen LogP contribution in [-0.2, 0) is 18.9 Å². The lowest BCUT2D eigenvalue weighted by Gasteiger charge is -2.20. The first-order chi connectivity index (χ1) is 8.82. The highest BCUT2D eigenvalue weighted by atomic mass is 19.4. The fraction of sp³-hybridized carbons (Fsp3) is 0.800. The molecule has 0 atom stereocenters. The Morgan fingerprint density at radius 1 is 1.00 bits per heavy atom. The topological polar surface area (TPSA) is 52.6 Å². The van der Waals surface area contributed by atoms with Crippen molar-refractivity contribution in [3.8, 4) is 0 Å². The van der Waals surface area contributed by atoms with Crippen molar-refractivity contribution in [3.05, 3.63) is 0 Å². The van der Waals surface area contributed by atoms with E-state index in [2.05, 4.69) is 9.31 Å². The molecular weight excluding hydrogens is 290 g/mol. The highest BCUT2D eigenvalue weighted by Crippen LogP contribution is 2.32. The number of carbonyl (C=O) groups is 2. The van der Waals surface area contributed by atoms with Crippen LogP contribution in [0.15, 0.2) is 0 Å². The standard InChI is InChI=1S/C10H13BF5O4/c1-4-8(2,3)6(17)19-11-20-7(18)9(12,13)5-10(14,15)16/h4-5H2,1-3H3. The van der Waals surface area contributed by atoms with Crippen LogP contribution in [-0.4, -0.2) is 31.7 Å². The van der Waals surface area contributed by atoms with E-state index in [1.807, 2.05) is 0 Å². The maximum Gasteiger partial charge on any atom is 0.662 e. The zero-order valence-electron chi connectivity index (χ0n) is 11.0. The summed E-state index contributed by atoms with van der Waals surface area (Å²) in [5.74, 6) is -8.06. The first-order valence-corrected chi connectivity index (χ1v) is 5.50. The minimum Gasteiger partial charge on any atom is -0.499 e. The fourth-order valence-corrected chi connectivity index (χ4v) is 0.825. The van der Waals surface area contributed by atoms with Gasteiger partial charge < -0.3 is 9.31 Å². The summed E-state index contributed by atoms with van der Waals surface area (Å²) in [6.07, 6.45) is -7.53. The molecule has 0 aliphatic heterocycles. The lowest BCUT2D eigenvalue weighted by molar-refractivity contribution is -0.203. The molecule has 10 heteroatoms. The predicted molar refractivity (Wildman–Crippen MR) is 57.6 cm³/mol. The molecular formula is C10H13BF5O4. The molecule has 115 valence electrons. The second kappa shape index (κ2) is 6.40. The summed E-state index contributed by atoms with van der Waals surface area (Å²) < 4.78 is 68.9. The van der Waals surface area contributed by atoms with Gasteiger partial charge in [-0.15, -0.1) is 0 Å². The van der Waals surface area contributed by atoms with Crippen molar-refractivity contribution in [2.24, 2.45) is 5.41 Å². The van der Waals surface area contributed by atoms with E-state index in [1.54, 1.807) is 6.92 Å². The lowest BCUT2D eigenvalue weighted by Crippen LogP contribution is -2.37. The van der Waals surface area contributed by atoms with Crippen LogP contribution in [0.4, 0.5) is 22.0 Å². The van der Waals surface area contributed by atoms with Gasteiger partial charge in [0.05, 0.1) is 5.41 Å². The van der Waals surface area contributed by atoms with Crippen molar-refractivity contribution in [3.63, 3.8) is 0 Å². The molecule has 0 fully saturated rings. The van der Waals surface area contributed by atoms with Crippen LogP contribution in [0, 0.1) is 5.41 Å². The third-order valence-corrected chi connectivity index (χ3v) is 2.47. The average molecular weight is 303 g/mol. The minimum atomic E-state index is -5.23. The van der Waals surface area contributed by atoms with Gasteiger partial charge >= 0.3 is 25.8 Å². The Labute approximate surface area is 112 Å². The zero-order chi connectivity index (χ0) is 16.2. The van der Waals surface area contributed by atoms with Crippen LogP contribution in [0.3, 0.4) is 0 Å². The molecule has 0 rings (SSSR count). The Morgan fingerprint density at radius 2 is 1.45 bits per heavy atom. The molecule has 0 aliphatic carbocycles. The van der Waals surface area contributed by atoms with Crippen LogP contribution >= 0.6 is 0 Å². The summed E-state index contributed by atoms with van der Waals surface area (Å²) in [6, 6.07) is 0. The van der Waals surface area contributed by atoms with Gasteiger partial charge in [-0.2, -0.15) is 22.0 Å². The van der Waals surface area contributed by atoms with Crippen molar-refractivity contribution in [1.82, 2.24) is 0 Å². The SMILES string of the molecule is CCC(C)(C)C(=O)O[B]OC(=O)C(F)(F)CC(F)(F)F. The number of carbonyl (C=O) groups excluding carboxylic acids is 2. The van der Waals surface area contributed by atoms with Gasteiger partial charge in [-0.3, -0.25) is 4.79 Å². The van der Waals surface area contributed by atoms with E-state index in [1.165, 1.54) is 13.8 Å². The highest BCUT2D eigenvalue weighted by molar-refractivity contribution is 6.26. The normalized spacial score (nSPS) is 12.8. The summed E-state index contributed by atoms with van der Waals surface area (Å²) in [5.41, 5.74) is -0.947. The number of alkyl halides is 5. The Balaban J connectivity index is 4.34. The smallest absolute Gasteiger partial charge is 0.499 e. The maximum absolute atomic E-state index is 12.8. The molecule has 0 spiro atoms. The van der Waals surface area contributed by atoms with E-state index in [9.17, 15) is 31.5 Å². The van der Waals surface area contributed by atoms with Gasteiger partial charge in [-0.1, -0.05) is 6.92 Å². The molecule has 0 aromatic carbocycles. The van der Waals surface area contributed by atoms with Crippen molar-refractivity contribution in [2.45, 2.75) is 45.7 Å². The first kappa shape index (κ1) is 18.7. The molecule has 0 heterocycles. The van der Waals surface area contributed by atoms with Crippen LogP contribution < -0.4 is 0 Å². The lowest BCUT2D eigenvalue weighted by atomic mass is 9.90. The summed E-state index contributed by atoms with van der Waals surface area (Å²) in [4.78, 5) is 22.1.